The van der Waals surface area contributed by atoms with E-state index in [1.807, 2.05) is 24.4 Å². The molecule has 2 aliphatic rings. The second-order valence-electron chi connectivity index (χ2n) is 6.89. The minimum Gasteiger partial charge on any atom is -0.454 e. The molecule has 3 heterocycles. The van der Waals surface area contributed by atoms with E-state index in [1.54, 1.807) is 35.2 Å². The fourth-order valence-electron chi connectivity index (χ4n) is 3.82. The van der Waals surface area contributed by atoms with Gasteiger partial charge in [-0.1, -0.05) is 29.3 Å². The van der Waals surface area contributed by atoms with Crippen LogP contribution in [0.3, 0.4) is 0 Å². The van der Waals surface area contributed by atoms with Gasteiger partial charge in [0.2, 0.25) is 6.79 Å². The molecule has 0 saturated heterocycles. The van der Waals surface area contributed by atoms with E-state index in [-0.39, 0.29) is 18.9 Å². The Kier molecular flexibility index (Phi) is 4.53. The Labute approximate surface area is 177 Å². The molecule has 0 bridgehead atoms. The normalized spacial score (nSPS) is 17.2. The number of hydrogen-bond donors (Lipinski definition) is 1. The number of nitrogens with zero attached hydrogens (tertiary/aromatic N) is 2. The van der Waals surface area contributed by atoms with Gasteiger partial charge in [0, 0.05) is 46.8 Å². The first-order valence-electron chi connectivity index (χ1n) is 9.17. The summed E-state index contributed by atoms with van der Waals surface area (Å²) in [7, 11) is 0. The molecule has 0 saturated carbocycles. The van der Waals surface area contributed by atoms with Crippen molar-refractivity contribution in [3.63, 3.8) is 0 Å². The van der Waals surface area contributed by atoms with Gasteiger partial charge in [-0.05, 0) is 42.0 Å². The van der Waals surface area contributed by atoms with Crippen LogP contribution in [0, 0.1) is 0 Å². The molecule has 2 aliphatic heterocycles. The van der Waals surface area contributed by atoms with E-state index in [0.717, 1.165) is 11.3 Å². The molecule has 2 amide bonds. The van der Waals surface area contributed by atoms with Crippen LogP contribution in [-0.4, -0.2) is 28.8 Å². The highest BCUT2D eigenvalue weighted by Gasteiger charge is 2.33. The minimum atomic E-state index is -0.322. The second kappa shape index (κ2) is 7.21. The Morgan fingerprint density at radius 1 is 1.03 bits per heavy atom. The zero-order valence-electron chi connectivity index (χ0n) is 15.3. The van der Waals surface area contributed by atoms with E-state index in [9.17, 15) is 4.79 Å². The fraction of sp³-hybridized carbons (Fsp3) is 0.190. The van der Waals surface area contributed by atoms with E-state index in [1.165, 1.54) is 0 Å². The first-order chi connectivity index (χ1) is 14.1. The number of carbonyl (C=O) groups excluding carboxylic acids is 1. The molecule has 1 N–H and O–H groups in total. The van der Waals surface area contributed by atoms with Gasteiger partial charge in [0.25, 0.3) is 0 Å². The van der Waals surface area contributed by atoms with Gasteiger partial charge in [-0.2, -0.15) is 0 Å². The summed E-state index contributed by atoms with van der Waals surface area (Å²) in [6, 6.07) is 14.2. The van der Waals surface area contributed by atoms with Crippen molar-refractivity contribution in [1.82, 2.24) is 9.47 Å². The zero-order valence-corrected chi connectivity index (χ0v) is 16.8. The number of halogens is 2. The molecule has 0 spiro atoms. The van der Waals surface area contributed by atoms with Gasteiger partial charge in [0.1, 0.15) is 6.04 Å². The Morgan fingerprint density at radius 2 is 1.90 bits per heavy atom. The van der Waals surface area contributed by atoms with Crippen LogP contribution in [0.1, 0.15) is 17.3 Å². The molecule has 6 nitrogen and oxygen atoms in total. The number of hydrogen-bond acceptors (Lipinski definition) is 3. The largest absolute Gasteiger partial charge is 0.454 e. The van der Waals surface area contributed by atoms with Gasteiger partial charge in [-0.25, -0.2) is 4.79 Å². The molecule has 3 aromatic rings. The number of carbonyl (C=O) groups is 1. The summed E-state index contributed by atoms with van der Waals surface area (Å²) in [4.78, 5) is 15.0. The number of nitrogens with one attached hydrogen (secondary N) is 1. The number of urea groups is 1. The fourth-order valence-corrected chi connectivity index (χ4v) is 4.33. The average Bonchev–Trinajstić information content (AvgIpc) is 3.36. The maximum absolute atomic E-state index is 13.2. The molecule has 0 fully saturated rings. The molecule has 8 heteroatoms. The summed E-state index contributed by atoms with van der Waals surface area (Å²) in [5, 5.41) is 4.05. The number of ether oxygens (including phenoxy) is 2. The summed E-state index contributed by atoms with van der Waals surface area (Å²) < 4.78 is 12.9. The summed E-state index contributed by atoms with van der Waals surface area (Å²) >= 11 is 12.6. The lowest BCUT2D eigenvalue weighted by Gasteiger charge is -2.37. The monoisotopic (exact) mass is 429 g/mol. The topological polar surface area (TPSA) is 55.7 Å². The van der Waals surface area contributed by atoms with E-state index in [0.29, 0.717) is 40.3 Å². The van der Waals surface area contributed by atoms with Crippen molar-refractivity contribution in [2.75, 3.05) is 18.7 Å². The summed E-state index contributed by atoms with van der Waals surface area (Å²) in [6.07, 6.45) is 2.01. The van der Waals surface area contributed by atoms with E-state index in [4.69, 9.17) is 32.7 Å². The molecular formula is C21H17Cl2N3O3. The van der Waals surface area contributed by atoms with Crippen LogP contribution in [0.2, 0.25) is 10.0 Å². The molecule has 1 atom stereocenters. The molecule has 0 aliphatic carbocycles. The van der Waals surface area contributed by atoms with Crippen LogP contribution in [0.15, 0.2) is 54.7 Å². The van der Waals surface area contributed by atoms with Gasteiger partial charge in [-0.15, -0.1) is 0 Å². The molecule has 29 heavy (non-hydrogen) atoms. The highest BCUT2D eigenvalue weighted by atomic mass is 35.5. The second-order valence-corrected chi connectivity index (χ2v) is 7.73. The van der Waals surface area contributed by atoms with E-state index < -0.39 is 0 Å². The van der Waals surface area contributed by atoms with Crippen LogP contribution in [-0.2, 0) is 6.54 Å². The van der Waals surface area contributed by atoms with Gasteiger partial charge in [-0.3, -0.25) is 0 Å². The smallest absolute Gasteiger partial charge is 0.322 e. The lowest BCUT2D eigenvalue weighted by Crippen LogP contribution is -2.44. The highest BCUT2D eigenvalue weighted by molar-refractivity contribution is 6.35. The Bertz CT molecular complexity index is 1100. The maximum atomic E-state index is 13.2. The molecule has 0 radical (unpaired) electrons. The lowest BCUT2D eigenvalue weighted by atomic mass is 10.00. The van der Waals surface area contributed by atoms with Crippen molar-refractivity contribution in [2.45, 2.75) is 12.6 Å². The molecular weight excluding hydrogens is 413 g/mol. The first kappa shape index (κ1) is 18.2. The van der Waals surface area contributed by atoms with Crippen molar-refractivity contribution in [2.24, 2.45) is 0 Å². The molecule has 1 aromatic heterocycles. The van der Waals surface area contributed by atoms with Crippen molar-refractivity contribution in [3.8, 4) is 11.5 Å². The third kappa shape index (κ3) is 3.28. The summed E-state index contributed by atoms with van der Waals surface area (Å²) in [6.45, 7) is 1.44. The standard InChI is InChI=1S/C21H17Cl2N3O3/c22-13-3-5-15(16(23)10-13)20-17-2-1-7-25(17)8-9-26(20)21(27)24-14-4-6-18-19(11-14)29-12-28-18/h1-7,10-11,20H,8-9,12H2,(H,24,27)/t20-/m0/s1. The quantitative estimate of drug-likeness (QED) is 0.611. The van der Waals surface area contributed by atoms with Crippen molar-refractivity contribution < 1.29 is 14.3 Å². The van der Waals surface area contributed by atoms with Gasteiger partial charge in [0.05, 0.1) is 0 Å². The summed E-state index contributed by atoms with van der Waals surface area (Å²) in [5.41, 5.74) is 2.47. The maximum Gasteiger partial charge on any atom is 0.322 e. The predicted octanol–water partition coefficient (Wildman–Crippen LogP) is 5.16. The van der Waals surface area contributed by atoms with Crippen LogP contribution >= 0.6 is 23.2 Å². The number of amides is 2. The molecule has 148 valence electrons. The minimum absolute atomic E-state index is 0.187. The van der Waals surface area contributed by atoms with Crippen LogP contribution in [0.4, 0.5) is 10.5 Å². The van der Waals surface area contributed by atoms with E-state index >= 15 is 0 Å². The van der Waals surface area contributed by atoms with Gasteiger partial charge in [0.15, 0.2) is 11.5 Å². The average molecular weight is 430 g/mol. The SMILES string of the molecule is O=C(Nc1ccc2c(c1)OCO2)N1CCn2cccc2[C@@H]1c1ccc(Cl)cc1Cl. The molecule has 5 rings (SSSR count). The molecule has 0 unspecified atom stereocenters. The Hall–Kier alpha value is -2.83. The highest BCUT2D eigenvalue weighted by Crippen LogP contribution is 2.38. The van der Waals surface area contributed by atoms with Crippen LogP contribution in [0.5, 0.6) is 11.5 Å². The van der Waals surface area contributed by atoms with Crippen LogP contribution < -0.4 is 14.8 Å². The van der Waals surface area contributed by atoms with Gasteiger partial charge < -0.3 is 24.3 Å². The van der Waals surface area contributed by atoms with E-state index in [2.05, 4.69) is 9.88 Å². The van der Waals surface area contributed by atoms with Crippen molar-refractivity contribution in [1.29, 1.82) is 0 Å². The number of fused-ring (bicyclic) bond motifs is 2. The predicted molar refractivity (Wildman–Crippen MR) is 111 cm³/mol. The Balaban J connectivity index is 1.48. The number of rotatable bonds is 2. The number of aromatic nitrogens is 1. The summed E-state index contributed by atoms with van der Waals surface area (Å²) in [5.74, 6) is 1.29. The third-order valence-corrected chi connectivity index (χ3v) is 5.74. The lowest BCUT2D eigenvalue weighted by molar-refractivity contribution is 0.174. The molecule has 2 aromatic carbocycles. The third-order valence-electron chi connectivity index (χ3n) is 5.18. The van der Waals surface area contributed by atoms with Gasteiger partial charge >= 0.3 is 6.03 Å². The van der Waals surface area contributed by atoms with Crippen LogP contribution in [0.25, 0.3) is 0 Å². The number of anilines is 1. The van der Waals surface area contributed by atoms with Crippen molar-refractivity contribution >= 4 is 34.9 Å². The first-order valence-corrected chi connectivity index (χ1v) is 9.93. The number of benzene rings is 2. The zero-order chi connectivity index (χ0) is 20.0. The van der Waals surface area contributed by atoms with Crippen molar-refractivity contribution in [3.05, 3.63) is 76.0 Å². The Morgan fingerprint density at radius 3 is 2.76 bits per heavy atom.